The maximum Gasteiger partial charge on any atom is 0.221 e. The van der Waals surface area contributed by atoms with Crippen LogP contribution in [0.1, 0.15) is 16.1 Å². The molecule has 0 radical (unpaired) electrons. The summed E-state index contributed by atoms with van der Waals surface area (Å²) in [5, 5.41) is 4.78. The Balaban J connectivity index is 2.09. The number of carbonyl (C=O) groups is 2. The van der Waals surface area contributed by atoms with Crippen molar-refractivity contribution < 1.29 is 9.59 Å². The first kappa shape index (κ1) is 10.2. The van der Waals surface area contributed by atoms with Crippen molar-refractivity contribution in [3.8, 4) is 0 Å². The fourth-order valence-corrected chi connectivity index (χ4v) is 2.31. The molecule has 0 unspecified atom stereocenters. The molecule has 1 aromatic rings. The van der Waals surface area contributed by atoms with Crippen LogP contribution in [0.2, 0.25) is 0 Å². The van der Waals surface area contributed by atoms with E-state index in [2.05, 4.69) is 10.2 Å². The Bertz CT molecular complexity index is 375. The van der Waals surface area contributed by atoms with Crippen LogP contribution in [0.4, 0.5) is 5.69 Å². The molecule has 0 aromatic carbocycles. The molecule has 2 heterocycles. The summed E-state index contributed by atoms with van der Waals surface area (Å²) >= 11 is 1.44. The predicted molar refractivity (Wildman–Crippen MR) is 59.5 cm³/mol. The number of aldehydes is 1. The van der Waals surface area contributed by atoms with Gasteiger partial charge in [-0.1, -0.05) is 0 Å². The van der Waals surface area contributed by atoms with Gasteiger partial charge >= 0.3 is 0 Å². The first-order valence-corrected chi connectivity index (χ1v) is 5.73. The molecule has 1 amide bonds. The van der Waals surface area contributed by atoms with Crippen LogP contribution in [-0.2, 0) is 4.79 Å². The highest BCUT2D eigenvalue weighted by Gasteiger charge is 2.14. The molecule has 1 saturated heterocycles. The van der Waals surface area contributed by atoms with Crippen LogP contribution < -0.4 is 10.2 Å². The van der Waals surface area contributed by atoms with Gasteiger partial charge < -0.3 is 10.2 Å². The van der Waals surface area contributed by atoms with Gasteiger partial charge in [-0.05, 0) is 6.07 Å². The molecule has 5 heteroatoms. The van der Waals surface area contributed by atoms with Crippen molar-refractivity contribution in [1.82, 2.24) is 5.32 Å². The van der Waals surface area contributed by atoms with Crippen LogP contribution in [0.15, 0.2) is 11.4 Å². The van der Waals surface area contributed by atoms with Crippen molar-refractivity contribution in [2.45, 2.75) is 6.42 Å². The second kappa shape index (κ2) is 4.44. The highest BCUT2D eigenvalue weighted by molar-refractivity contribution is 7.12. The molecular weight excluding hydrogens is 212 g/mol. The summed E-state index contributed by atoms with van der Waals surface area (Å²) in [5.41, 5.74) is 1.04. The lowest BCUT2D eigenvalue weighted by Gasteiger charge is -2.19. The number of thiophene rings is 1. The topological polar surface area (TPSA) is 49.4 Å². The summed E-state index contributed by atoms with van der Waals surface area (Å²) in [6.45, 7) is 2.20. The van der Waals surface area contributed by atoms with E-state index < -0.39 is 0 Å². The van der Waals surface area contributed by atoms with Gasteiger partial charge in [0.15, 0.2) is 6.29 Å². The summed E-state index contributed by atoms with van der Waals surface area (Å²) < 4.78 is 0. The second-order valence-electron chi connectivity index (χ2n) is 3.41. The van der Waals surface area contributed by atoms with E-state index in [9.17, 15) is 9.59 Å². The lowest BCUT2D eigenvalue weighted by atomic mass is 10.3. The van der Waals surface area contributed by atoms with Crippen LogP contribution in [0.5, 0.6) is 0 Å². The smallest absolute Gasteiger partial charge is 0.221 e. The molecule has 0 spiro atoms. The van der Waals surface area contributed by atoms with Gasteiger partial charge in [0.25, 0.3) is 0 Å². The van der Waals surface area contributed by atoms with Gasteiger partial charge in [0.05, 0.1) is 4.88 Å². The first-order chi connectivity index (χ1) is 7.29. The monoisotopic (exact) mass is 224 g/mol. The lowest BCUT2D eigenvalue weighted by Crippen LogP contribution is -2.27. The third-order valence-electron chi connectivity index (χ3n) is 2.40. The molecule has 1 N–H and O–H groups in total. The summed E-state index contributed by atoms with van der Waals surface area (Å²) in [6, 6.07) is 1.87. The molecule has 1 aliphatic heterocycles. The van der Waals surface area contributed by atoms with Crippen LogP contribution in [0.3, 0.4) is 0 Å². The predicted octanol–water partition coefficient (Wildman–Crippen LogP) is 0.887. The van der Waals surface area contributed by atoms with Gasteiger partial charge in [-0.3, -0.25) is 9.59 Å². The van der Waals surface area contributed by atoms with Crippen molar-refractivity contribution in [1.29, 1.82) is 0 Å². The van der Waals surface area contributed by atoms with E-state index in [1.807, 2.05) is 11.4 Å². The molecule has 1 fully saturated rings. The standard InChI is InChI=1S/C10H12N2O2S/c13-6-9-5-8(7-15-9)12-3-1-10(14)11-2-4-12/h5-7H,1-4H2,(H,11,14). The number of nitrogens with zero attached hydrogens (tertiary/aromatic N) is 1. The van der Waals surface area contributed by atoms with Crippen molar-refractivity contribution >= 4 is 29.2 Å². The fourth-order valence-electron chi connectivity index (χ4n) is 1.60. The Labute approximate surface area is 91.9 Å². The van der Waals surface area contributed by atoms with Crippen molar-refractivity contribution in [2.75, 3.05) is 24.5 Å². The number of rotatable bonds is 2. The van der Waals surface area contributed by atoms with E-state index in [0.717, 1.165) is 29.9 Å². The van der Waals surface area contributed by atoms with E-state index in [1.165, 1.54) is 11.3 Å². The number of amides is 1. The molecule has 0 aliphatic carbocycles. The fraction of sp³-hybridized carbons (Fsp3) is 0.400. The average Bonchev–Trinajstić information content (AvgIpc) is 2.62. The summed E-state index contributed by atoms with van der Waals surface area (Å²) in [5.74, 6) is 0.100. The van der Waals surface area contributed by atoms with E-state index >= 15 is 0 Å². The quantitative estimate of drug-likeness (QED) is 0.759. The third kappa shape index (κ3) is 2.36. The molecule has 0 bridgehead atoms. The zero-order valence-electron chi connectivity index (χ0n) is 8.23. The molecule has 1 aliphatic rings. The Hall–Kier alpha value is -1.36. The zero-order chi connectivity index (χ0) is 10.7. The molecule has 2 rings (SSSR count). The van der Waals surface area contributed by atoms with Gasteiger partial charge in [0, 0.05) is 37.1 Å². The van der Waals surface area contributed by atoms with Gasteiger partial charge in [-0.2, -0.15) is 0 Å². The van der Waals surface area contributed by atoms with E-state index in [0.29, 0.717) is 13.0 Å². The van der Waals surface area contributed by atoms with Gasteiger partial charge in [-0.25, -0.2) is 0 Å². The summed E-state index contributed by atoms with van der Waals surface area (Å²) in [7, 11) is 0. The van der Waals surface area contributed by atoms with Crippen LogP contribution >= 0.6 is 11.3 Å². The summed E-state index contributed by atoms with van der Waals surface area (Å²) in [4.78, 5) is 24.5. The minimum atomic E-state index is 0.100. The summed E-state index contributed by atoms with van der Waals surface area (Å²) in [6.07, 6.45) is 1.38. The Morgan fingerprint density at radius 3 is 3.07 bits per heavy atom. The van der Waals surface area contributed by atoms with Gasteiger partial charge in [0.2, 0.25) is 5.91 Å². The van der Waals surface area contributed by atoms with Gasteiger partial charge in [0.1, 0.15) is 0 Å². The van der Waals surface area contributed by atoms with E-state index in [1.54, 1.807) is 0 Å². The Morgan fingerprint density at radius 1 is 1.47 bits per heavy atom. The van der Waals surface area contributed by atoms with Crippen molar-refractivity contribution in [3.05, 3.63) is 16.3 Å². The maximum atomic E-state index is 11.1. The van der Waals surface area contributed by atoms with Gasteiger partial charge in [-0.15, -0.1) is 11.3 Å². The lowest BCUT2D eigenvalue weighted by molar-refractivity contribution is -0.120. The molecule has 4 nitrogen and oxygen atoms in total. The SMILES string of the molecule is O=Cc1cc(N2CCNC(=O)CC2)cs1. The maximum absolute atomic E-state index is 11.1. The van der Waals surface area contributed by atoms with Crippen LogP contribution in [0, 0.1) is 0 Å². The minimum absolute atomic E-state index is 0.100. The molecule has 1 aromatic heterocycles. The number of hydrogen-bond donors (Lipinski definition) is 1. The highest BCUT2D eigenvalue weighted by atomic mass is 32.1. The molecule has 0 saturated carbocycles. The second-order valence-corrected chi connectivity index (χ2v) is 4.35. The number of anilines is 1. The molecule has 15 heavy (non-hydrogen) atoms. The third-order valence-corrected chi connectivity index (χ3v) is 3.25. The van der Waals surface area contributed by atoms with E-state index in [-0.39, 0.29) is 5.91 Å². The Kier molecular flexibility index (Phi) is 3.01. The molecule has 0 atom stereocenters. The number of nitrogens with one attached hydrogen (secondary N) is 1. The molecule has 80 valence electrons. The Morgan fingerprint density at radius 2 is 2.33 bits per heavy atom. The normalized spacial score (nSPS) is 17.1. The van der Waals surface area contributed by atoms with Crippen molar-refractivity contribution in [2.24, 2.45) is 0 Å². The number of carbonyl (C=O) groups excluding carboxylic acids is 2. The van der Waals surface area contributed by atoms with Crippen LogP contribution in [-0.4, -0.2) is 31.8 Å². The van der Waals surface area contributed by atoms with Crippen molar-refractivity contribution in [3.63, 3.8) is 0 Å². The van der Waals surface area contributed by atoms with Crippen LogP contribution in [0.25, 0.3) is 0 Å². The zero-order valence-corrected chi connectivity index (χ0v) is 9.05. The largest absolute Gasteiger partial charge is 0.369 e. The minimum Gasteiger partial charge on any atom is -0.369 e. The molecular formula is C10H12N2O2S. The number of hydrogen-bond acceptors (Lipinski definition) is 4. The first-order valence-electron chi connectivity index (χ1n) is 4.85. The average molecular weight is 224 g/mol. The highest BCUT2D eigenvalue weighted by Crippen LogP contribution is 2.22. The van der Waals surface area contributed by atoms with E-state index in [4.69, 9.17) is 0 Å².